The maximum absolute atomic E-state index is 12.6. The molecule has 0 saturated carbocycles. The van der Waals surface area contributed by atoms with Crippen LogP contribution >= 0.6 is 0 Å². The van der Waals surface area contributed by atoms with Gasteiger partial charge in [-0.2, -0.15) is 5.10 Å². The van der Waals surface area contributed by atoms with Gasteiger partial charge in [-0.3, -0.25) is 34.2 Å². The highest BCUT2D eigenvalue weighted by Crippen LogP contribution is 2.38. The monoisotopic (exact) mass is 695 g/mol. The number of aromatic nitrogens is 3. The summed E-state index contributed by atoms with van der Waals surface area (Å²) < 4.78 is 15.3. The van der Waals surface area contributed by atoms with Crippen LogP contribution in [0.4, 0.5) is 5.69 Å². The summed E-state index contributed by atoms with van der Waals surface area (Å²) in [6.07, 6.45) is 4.96. The van der Waals surface area contributed by atoms with Gasteiger partial charge in [-0.15, -0.1) is 0 Å². The van der Waals surface area contributed by atoms with Gasteiger partial charge in [-0.05, 0) is 87.7 Å². The quantitative estimate of drug-likeness (QED) is 0.275. The van der Waals surface area contributed by atoms with Crippen molar-refractivity contribution in [3.8, 4) is 22.6 Å². The van der Waals surface area contributed by atoms with Crippen molar-refractivity contribution < 1.29 is 19.1 Å². The summed E-state index contributed by atoms with van der Waals surface area (Å²) in [5.74, 6) is 0.728. The van der Waals surface area contributed by atoms with Crippen LogP contribution in [-0.2, 0) is 30.2 Å². The van der Waals surface area contributed by atoms with Crippen LogP contribution in [0, 0.1) is 13.8 Å². The molecule has 4 aromatic rings. The molecule has 2 amide bonds. The molecule has 12 nitrogen and oxygen atoms in total. The Balaban J connectivity index is 0.970. The third kappa shape index (κ3) is 6.62. The van der Waals surface area contributed by atoms with E-state index in [1.54, 1.807) is 25.8 Å². The van der Waals surface area contributed by atoms with Crippen LogP contribution in [0.25, 0.3) is 22.0 Å². The Bertz CT molecular complexity index is 2010. The SMILES string of the molecule is COc1cc(-c2cn(C)c(=O)c(C)c2C)cc(OC)c1CN1CCC(N2CCN(c3ccc4c(C5CCC(=O)NC5=O)nn(C)c4c3)CC2)CC1. The van der Waals surface area contributed by atoms with E-state index in [4.69, 9.17) is 14.6 Å². The first-order valence-corrected chi connectivity index (χ1v) is 18.0. The molecule has 0 bridgehead atoms. The van der Waals surface area contributed by atoms with Gasteiger partial charge in [0.15, 0.2) is 0 Å². The van der Waals surface area contributed by atoms with Crippen LogP contribution in [0.2, 0.25) is 0 Å². The fraction of sp³-hybridized carbons (Fsp3) is 0.487. The van der Waals surface area contributed by atoms with Gasteiger partial charge in [0.25, 0.3) is 5.56 Å². The lowest BCUT2D eigenvalue weighted by atomic mass is 9.93. The number of aryl methyl sites for hydroxylation is 2. The lowest BCUT2D eigenvalue weighted by Crippen LogP contribution is -2.53. The topological polar surface area (TPSA) is 114 Å². The molecule has 3 aliphatic heterocycles. The van der Waals surface area contributed by atoms with Crippen LogP contribution in [0.1, 0.15) is 54.0 Å². The molecule has 1 atom stereocenters. The number of piperazine rings is 1. The number of methoxy groups -OCH3 is 2. The first-order chi connectivity index (χ1) is 24.6. The van der Waals surface area contributed by atoms with Gasteiger partial charge in [0.05, 0.1) is 36.9 Å². The van der Waals surface area contributed by atoms with Gasteiger partial charge in [0, 0.05) is 87.7 Å². The average Bonchev–Trinajstić information content (AvgIpc) is 3.47. The molecule has 3 saturated heterocycles. The van der Waals surface area contributed by atoms with E-state index in [0.29, 0.717) is 18.9 Å². The van der Waals surface area contributed by atoms with Crippen molar-refractivity contribution in [3.63, 3.8) is 0 Å². The summed E-state index contributed by atoms with van der Waals surface area (Å²) in [6.45, 7) is 10.6. The van der Waals surface area contributed by atoms with Crippen molar-refractivity contribution in [1.29, 1.82) is 0 Å². The summed E-state index contributed by atoms with van der Waals surface area (Å²) in [6, 6.07) is 11.1. The second-order valence-electron chi connectivity index (χ2n) is 14.3. The first-order valence-electron chi connectivity index (χ1n) is 18.0. The zero-order chi connectivity index (χ0) is 36.0. The van der Waals surface area contributed by atoms with E-state index in [1.165, 1.54) is 5.69 Å². The van der Waals surface area contributed by atoms with E-state index < -0.39 is 5.92 Å². The maximum atomic E-state index is 12.6. The number of nitrogens with zero attached hydrogens (tertiary/aromatic N) is 6. The van der Waals surface area contributed by atoms with Crippen molar-refractivity contribution in [2.24, 2.45) is 14.1 Å². The Hall–Kier alpha value is -4.68. The Labute approximate surface area is 298 Å². The number of benzene rings is 2. The number of likely N-dealkylation sites (tertiary alicyclic amines) is 1. The highest BCUT2D eigenvalue weighted by atomic mass is 16.5. The molecule has 1 unspecified atom stereocenters. The lowest BCUT2D eigenvalue weighted by molar-refractivity contribution is -0.134. The number of hydrogen-bond acceptors (Lipinski definition) is 9. The molecule has 5 heterocycles. The number of hydrogen-bond donors (Lipinski definition) is 1. The predicted octanol–water partition coefficient (Wildman–Crippen LogP) is 3.88. The van der Waals surface area contributed by atoms with Gasteiger partial charge < -0.3 is 18.9 Å². The molecule has 12 heteroatoms. The van der Waals surface area contributed by atoms with Crippen molar-refractivity contribution in [2.45, 2.75) is 58.0 Å². The van der Waals surface area contributed by atoms with Gasteiger partial charge in [0.1, 0.15) is 11.5 Å². The molecule has 0 radical (unpaired) electrons. The summed E-state index contributed by atoms with van der Waals surface area (Å²) in [7, 11) is 7.13. The molecule has 270 valence electrons. The normalized spacial score (nSPS) is 19.5. The second-order valence-corrected chi connectivity index (χ2v) is 14.3. The number of piperidine rings is 2. The minimum Gasteiger partial charge on any atom is -0.496 e. The maximum Gasteiger partial charge on any atom is 0.253 e. The van der Waals surface area contributed by atoms with Crippen LogP contribution < -0.4 is 25.2 Å². The average molecular weight is 696 g/mol. The van der Waals surface area contributed by atoms with Crippen molar-refractivity contribution in [1.82, 2.24) is 29.5 Å². The molecular formula is C39H49N7O5. The Kier molecular flexibility index (Phi) is 9.64. The van der Waals surface area contributed by atoms with Gasteiger partial charge >= 0.3 is 0 Å². The van der Waals surface area contributed by atoms with Crippen LogP contribution in [-0.4, -0.2) is 95.5 Å². The van der Waals surface area contributed by atoms with E-state index in [2.05, 4.69) is 50.3 Å². The standard InChI is InChI=1S/C39H49N7O5/c1-24-25(2)39(49)42(3)22-31(24)26-19-34(50-5)32(35(20-26)51-6)23-44-13-11-27(12-14-44)45-15-17-46(18-16-45)28-7-8-29-33(21-28)43(4)41-37(29)30-9-10-36(47)40-38(30)48/h7-8,19-22,27,30H,9-18,23H2,1-6H3,(H,40,47,48). The number of imide groups is 1. The van der Waals surface area contributed by atoms with E-state index in [1.807, 2.05) is 31.8 Å². The number of pyridine rings is 1. The zero-order valence-electron chi connectivity index (χ0n) is 30.6. The molecule has 3 aliphatic rings. The highest BCUT2D eigenvalue weighted by molar-refractivity contribution is 6.02. The largest absolute Gasteiger partial charge is 0.496 e. The van der Waals surface area contributed by atoms with Crippen molar-refractivity contribution in [2.75, 3.05) is 58.4 Å². The highest BCUT2D eigenvalue weighted by Gasteiger charge is 2.33. The summed E-state index contributed by atoms with van der Waals surface area (Å²) >= 11 is 0. The number of nitrogens with one attached hydrogen (secondary N) is 1. The summed E-state index contributed by atoms with van der Waals surface area (Å²) in [4.78, 5) is 44.3. The van der Waals surface area contributed by atoms with E-state index in [0.717, 1.165) is 115 Å². The predicted molar refractivity (Wildman–Crippen MR) is 198 cm³/mol. The van der Waals surface area contributed by atoms with Crippen molar-refractivity contribution in [3.05, 3.63) is 69.3 Å². The van der Waals surface area contributed by atoms with Crippen LogP contribution in [0.15, 0.2) is 41.3 Å². The summed E-state index contributed by atoms with van der Waals surface area (Å²) in [5.41, 5.74) is 7.66. The number of rotatable bonds is 8. The smallest absolute Gasteiger partial charge is 0.253 e. The number of amides is 2. The Morgan fingerprint density at radius 1 is 0.863 bits per heavy atom. The van der Waals surface area contributed by atoms with Gasteiger partial charge in [-0.1, -0.05) is 0 Å². The third-order valence-electron chi connectivity index (χ3n) is 11.4. The lowest BCUT2D eigenvalue weighted by Gasteiger charge is -2.43. The molecule has 2 aromatic heterocycles. The Morgan fingerprint density at radius 2 is 1.55 bits per heavy atom. The van der Waals surface area contributed by atoms with Gasteiger partial charge in [0.2, 0.25) is 11.8 Å². The van der Waals surface area contributed by atoms with E-state index in [-0.39, 0.29) is 17.4 Å². The fourth-order valence-corrected chi connectivity index (χ4v) is 8.26. The minimum atomic E-state index is -0.399. The molecule has 7 rings (SSSR count). The fourth-order valence-electron chi connectivity index (χ4n) is 8.26. The third-order valence-corrected chi connectivity index (χ3v) is 11.4. The molecule has 51 heavy (non-hydrogen) atoms. The second kappa shape index (κ2) is 14.1. The van der Waals surface area contributed by atoms with Crippen LogP contribution in [0.5, 0.6) is 11.5 Å². The van der Waals surface area contributed by atoms with Crippen LogP contribution in [0.3, 0.4) is 0 Å². The number of carbonyl (C=O) groups is 2. The molecule has 2 aromatic carbocycles. The number of fused-ring (bicyclic) bond motifs is 1. The number of anilines is 1. The number of carbonyl (C=O) groups excluding carboxylic acids is 2. The summed E-state index contributed by atoms with van der Waals surface area (Å²) in [5, 5.41) is 8.16. The molecule has 3 fully saturated rings. The van der Waals surface area contributed by atoms with Crippen molar-refractivity contribution >= 4 is 28.4 Å². The van der Waals surface area contributed by atoms with Gasteiger partial charge in [-0.25, -0.2) is 0 Å². The first kappa shape index (κ1) is 34.8. The zero-order valence-corrected chi connectivity index (χ0v) is 30.6. The molecule has 0 spiro atoms. The Morgan fingerprint density at radius 3 is 2.20 bits per heavy atom. The van der Waals surface area contributed by atoms with E-state index in [9.17, 15) is 14.4 Å². The molecular weight excluding hydrogens is 646 g/mol. The van der Waals surface area contributed by atoms with E-state index >= 15 is 0 Å². The molecule has 1 N–H and O–H groups in total. The number of ether oxygens (including phenoxy) is 2. The molecule has 0 aliphatic carbocycles. The minimum absolute atomic E-state index is 0.0168.